The summed E-state index contributed by atoms with van der Waals surface area (Å²) in [5, 5.41) is 9.07. The molecular weight excluding hydrogens is 538 g/mol. The van der Waals surface area contributed by atoms with E-state index in [0.29, 0.717) is 21.6 Å². The lowest BCUT2D eigenvalue weighted by Gasteiger charge is -2.12. The van der Waals surface area contributed by atoms with Crippen LogP contribution in [-0.2, 0) is 11.3 Å². The highest BCUT2D eigenvalue weighted by molar-refractivity contribution is 9.10. The predicted molar refractivity (Wildman–Crippen MR) is 147 cm³/mol. The highest BCUT2D eigenvalue weighted by Crippen LogP contribution is 2.34. The molecule has 3 aromatic carbocycles. The van der Waals surface area contributed by atoms with Crippen LogP contribution in [0.4, 0.5) is 0 Å². The maximum atomic E-state index is 13.3. The van der Waals surface area contributed by atoms with Crippen LogP contribution in [0.15, 0.2) is 121 Å². The van der Waals surface area contributed by atoms with Gasteiger partial charge in [-0.3, -0.25) is 9.69 Å². The largest absolute Gasteiger partial charge is 0.467 e. The Hall–Kier alpha value is -3.88. The zero-order valence-electron chi connectivity index (χ0n) is 19.0. The van der Waals surface area contributed by atoms with Crippen molar-refractivity contribution in [1.82, 2.24) is 4.90 Å². The summed E-state index contributed by atoms with van der Waals surface area (Å²) in [6.07, 6.45) is 5.07. The molecule has 8 heteroatoms. The topological polar surface area (TPSA) is 67.4 Å². The van der Waals surface area contributed by atoms with Crippen molar-refractivity contribution < 1.29 is 13.9 Å². The first kappa shape index (κ1) is 23.8. The molecule has 0 N–H and O–H groups in total. The maximum Gasteiger partial charge on any atom is 0.267 e. The van der Waals surface area contributed by atoms with Crippen molar-refractivity contribution in [3.8, 4) is 11.5 Å². The van der Waals surface area contributed by atoms with Crippen LogP contribution >= 0.6 is 27.7 Å². The average molecular weight is 558 g/mol. The number of hydrogen-bond acceptors (Lipinski definition) is 6. The molecule has 4 aromatic rings. The van der Waals surface area contributed by atoms with Crippen molar-refractivity contribution in [3.05, 3.63) is 124 Å². The van der Waals surface area contributed by atoms with Crippen LogP contribution in [0.3, 0.4) is 0 Å². The molecule has 0 aliphatic carbocycles. The van der Waals surface area contributed by atoms with Gasteiger partial charge in [0, 0.05) is 4.47 Å². The third kappa shape index (κ3) is 6.02. The first-order chi connectivity index (χ1) is 17.6. The number of ether oxygens (including phenoxy) is 1. The van der Waals surface area contributed by atoms with Crippen molar-refractivity contribution >= 4 is 51.1 Å². The lowest BCUT2D eigenvalue weighted by Crippen LogP contribution is -2.28. The molecule has 1 aliphatic heterocycles. The number of furan rings is 1. The van der Waals surface area contributed by atoms with Crippen molar-refractivity contribution in [2.75, 3.05) is 0 Å². The van der Waals surface area contributed by atoms with Gasteiger partial charge in [-0.25, -0.2) is 0 Å². The Bertz CT molecular complexity index is 1450. The fourth-order valence-corrected chi connectivity index (χ4v) is 4.81. The summed E-state index contributed by atoms with van der Waals surface area (Å²) in [5.74, 6) is 1.93. The first-order valence-corrected chi connectivity index (χ1v) is 12.7. The number of carbonyl (C=O) groups excluding carboxylic acids is 1. The minimum absolute atomic E-state index is 0.165. The van der Waals surface area contributed by atoms with Crippen molar-refractivity contribution in [3.63, 3.8) is 0 Å². The van der Waals surface area contributed by atoms with Gasteiger partial charge in [0.1, 0.15) is 17.3 Å². The number of carbonyl (C=O) groups is 1. The van der Waals surface area contributed by atoms with Gasteiger partial charge >= 0.3 is 0 Å². The number of rotatable bonds is 7. The third-order valence-electron chi connectivity index (χ3n) is 5.12. The number of amides is 1. The van der Waals surface area contributed by atoms with Crippen molar-refractivity contribution in [2.45, 2.75) is 6.54 Å². The molecular formula is C28H20BrN3O3S. The van der Waals surface area contributed by atoms with Crippen molar-refractivity contribution in [2.24, 2.45) is 10.2 Å². The molecule has 5 rings (SSSR count). The van der Waals surface area contributed by atoms with Gasteiger partial charge < -0.3 is 9.15 Å². The lowest BCUT2D eigenvalue weighted by atomic mass is 10.2. The number of para-hydroxylation sites is 1. The highest BCUT2D eigenvalue weighted by atomic mass is 79.9. The highest BCUT2D eigenvalue weighted by Gasteiger charge is 2.34. The van der Waals surface area contributed by atoms with Crippen LogP contribution in [0.1, 0.15) is 16.9 Å². The number of amidine groups is 1. The Kier molecular flexibility index (Phi) is 7.44. The van der Waals surface area contributed by atoms with E-state index >= 15 is 0 Å². The van der Waals surface area contributed by atoms with E-state index in [2.05, 4.69) is 26.1 Å². The molecule has 36 heavy (non-hydrogen) atoms. The van der Waals surface area contributed by atoms with E-state index in [0.717, 1.165) is 21.3 Å². The lowest BCUT2D eigenvalue weighted by molar-refractivity contribution is -0.122. The number of hydrogen-bond donors (Lipinski definition) is 0. The third-order valence-corrected chi connectivity index (χ3v) is 6.61. The Morgan fingerprint density at radius 2 is 1.72 bits per heavy atom. The summed E-state index contributed by atoms with van der Waals surface area (Å²) in [6, 6.07) is 28.5. The van der Waals surface area contributed by atoms with Crippen LogP contribution in [-0.4, -0.2) is 22.2 Å². The summed E-state index contributed by atoms with van der Waals surface area (Å²) in [7, 11) is 0. The van der Waals surface area contributed by atoms with Gasteiger partial charge in [-0.05, 0) is 77.5 Å². The van der Waals surface area contributed by atoms with Crippen LogP contribution in [0.5, 0.6) is 11.5 Å². The summed E-state index contributed by atoms with van der Waals surface area (Å²) in [5.41, 5.74) is 1.74. The number of benzene rings is 3. The second kappa shape index (κ2) is 11.2. The molecule has 0 unspecified atom stereocenters. The summed E-state index contributed by atoms with van der Waals surface area (Å²) in [6.45, 7) is 0.262. The van der Waals surface area contributed by atoms with Crippen LogP contribution in [0, 0.1) is 0 Å². The standard InChI is InChI=1S/C28H20BrN3O3S/c29-22-9-4-8-21(15-22)18-30-31-28-32(19-25-13-6-14-34-25)27(33)26(36-28)17-20-7-5-12-24(16-20)35-23-10-2-1-3-11-23/h1-18H,19H2/b26-17-,30-18+,31-28-. The Balaban J connectivity index is 1.40. The van der Waals surface area contributed by atoms with Crippen molar-refractivity contribution in [1.29, 1.82) is 0 Å². The monoisotopic (exact) mass is 557 g/mol. The summed E-state index contributed by atoms with van der Waals surface area (Å²) < 4.78 is 12.4. The van der Waals surface area contributed by atoms with Gasteiger partial charge in [0.15, 0.2) is 5.17 Å². The van der Waals surface area contributed by atoms with E-state index < -0.39 is 0 Å². The minimum atomic E-state index is -0.165. The summed E-state index contributed by atoms with van der Waals surface area (Å²) in [4.78, 5) is 15.4. The fraction of sp³-hybridized carbons (Fsp3) is 0.0357. The molecule has 0 radical (unpaired) electrons. The van der Waals surface area contributed by atoms with Gasteiger partial charge in [0.2, 0.25) is 0 Å². The molecule has 2 heterocycles. The van der Waals surface area contributed by atoms with E-state index in [4.69, 9.17) is 9.15 Å². The zero-order chi connectivity index (χ0) is 24.7. The molecule has 0 saturated carbocycles. The Morgan fingerprint density at radius 3 is 2.53 bits per heavy atom. The van der Waals surface area contributed by atoms with Crippen LogP contribution < -0.4 is 4.74 Å². The number of nitrogens with zero attached hydrogens (tertiary/aromatic N) is 3. The van der Waals surface area contributed by atoms with Gasteiger partial charge in [0.25, 0.3) is 5.91 Å². The fourth-order valence-electron chi connectivity index (χ4n) is 3.46. The average Bonchev–Trinajstić information content (AvgIpc) is 3.49. The molecule has 0 spiro atoms. The van der Waals surface area contributed by atoms with E-state index in [9.17, 15) is 4.79 Å². The molecule has 1 saturated heterocycles. The van der Waals surface area contributed by atoms with E-state index in [1.54, 1.807) is 23.4 Å². The molecule has 178 valence electrons. The summed E-state index contributed by atoms with van der Waals surface area (Å²) >= 11 is 4.73. The van der Waals surface area contributed by atoms with E-state index in [1.807, 2.05) is 91.0 Å². The molecule has 1 aliphatic rings. The maximum absolute atomic E-state index is 13.3. The molecule has 1 aromatic heterocycles. The van der Waals surface area contributed by atoms with E-state index in [-0.39, 0.29) is 12.5 Å². The van der Waals surface area contributed by atoms with Gasteiger partial charge in [-0.1, -0.05) is 58.4 Å². The molecule has 1 amide bonds. The van der Waals surface area contributed by atoms with Gasteiger partial charge in [-0.15, -0.1) is 5.10 Å². The Morgan fingerprint density at radius 1 is 0.917 bits per heavy atom. The number of thioether (sulfide) groups is 1. The molecule has 0 atom stereocenters. The molecule has 6 nitrogen and oxygen atoms in total. The second-order valence-electron chi connectivity index (χ2n) is 7.75. The normalized spacial score (nSPS) is 15.9. The SMILES string of the molecule is O=C1/C(=C/c2cccc(Oc3ccccc3)c2)S/C(=N\N=C\c2cccc(Br)c2)N1Cc1ccco1. The minimum Gasteiger partial charge on any atom is -0.467 e. The van der Waals surface area contributed by atoms with Crippen LogP contribution in [0.25, 0.3) is 6.08 Å². The number of halogens is 1. The molecule has 1 fully saturated rings. The van der Waals surface area contributed by atoms with Gasteiger partial charge in [-0.2, -0.15) is 5.10 Å². The first-order valence-electron chi connectivity index (χ1n) is 11.1. The smallest absolute Gasteiger partial charge is 0.267 e. The van der Waals surface area contributed by atoms with Gasteiger partial charge in [0.05, 0.1) is 23.9 Å². The Labute approximate surface area is 221 Å². The van der Waals surface area contributed by atoms with E-state index in [1.165, 1.54) is 11.8 Å². The van der Waals surface area contributed by atoms with Crippen LogP contribution in [0.2, 0.25) is 0 Å². The molecule has 0 bridgehead atoms. The zero-order valence-corrected chi connectivity index (χ0v) is 21.4. The second-order valence-corrected chi connectivity index (χ2v) is 9.68. The quantitative estimate of drug-likeness (QED) is 0.135. The predicted octanol–water partition coefficient (Wildman–Crippen LogP) is 7.34.